The summed E-state index contributed by atoms with van der Waals surface area (Å²) in [6.07, 6.45) is 0. The molecule has 2 rings (SSSR count). The number of benzene rings is 1. The second kappa shape index (κ2) is 3.89. The van der Waals surface area contributed by atoms with Gasteiger partial charge in [-0.25, -0.2) is 0 Å². The molecule has 0 aliphatic rings. The van der Waals surface area contributed by atoms with Gasteiger partial charge in [0.05, 0.1) is 19.7 Å². The number of rotatable bonds is 2. The molecule has 4 nitrogen and oxygen atoms in total. The highest BCUT2D eigenvalue weighted by Gasteiger charge is 2.07. The van der Waals surface area contributed by atoms with Crippen molar-refractivity contribution in [1.82, 2.24) is 4.57 Å². The summed E-state index contributed by atoms with van der Waals surface area (Å²) in [6, 6.07) is 6.99. The lowest BCUT2D eigenvalue weighted by atomic mass is 10.2. The van der Waals surface area contributed by atoms with Crippen molar-refractivity contribution < 1.29 is 9.47 Å². The Labute approximate surface area is 93.0 Å². The molecule has 0 radical (unpaired) electrons. The van der Waals surface area contributed by atoms with Gasteiger partial charge < -0.3 is 14.0 Å². The first-order valence-corrected chi connectivity index (χ1v) is 4.89. The summed E-state index contributed by atoms with van der Waals surface area (Å²) in [5.74, 6) is 1.31. The predicted octanol–water partition coefficient (Wildman–Crippen LogP) is 1.56. The minimum Gasteiger partial charge on any atom is -0.497 e. The summed E-state index contributed by atoms with van der Waals surface area (Å²) in [6.45, 7) is 0. The fourth-order valence-electron chi connectivity index (χ4n) is 1.71. The standard InChI is InChI=1S/C12H13NO3/c1-13-10-5-4-8(15-2)6-9(10)11(16-3)7-12(13)14/h4-7H,1-3H3. The van der Waals surface area contributed by atoms with E-state index in [1.54, 1.807) is 25.8 Å². The van der Waals surface area contributed by atoms with Gasteiger partial charge in [0.2, 0.25) is 0 Å². The average Bonchev–Trinajstić information content (AvgIpc) is 2.33. The van der Waals surface area contributed by atoms with Crippen LogP contribution >= 0.6 is 0 Å². The summed E-state index contributed by atoms with van der Waals surface area (Å²) in [5, 5.41) is 0.865. The lowest BCUT2D eigenvalue weighted by molar-refractivity contribution is 0.411. The van der Waals surface area contributed by atoms with Gasteiger partial charge in [-0.3, -0.25) is 4.79 Å². The fourth-order valence-corrected chi connectivity index (χ4v) is 1.71. The van der Waals surface area contributed by atoms with Gasteiger partial charge in [-0.05, 0) is 18.2 Å². The third-order valence-corrected chi connectivity index (χ3v) is 2.64. The normalized spacial score (nSPS) is 10.4. The molecule has 1 heterocycles. The third kappa shape index (κ3) is 1.52. The number of aryl methyl sites for hydroxylation is 1. The van der Waals surface area contributed by atoms with Gasteiger partial charge in [0, 0.05) is 18.5 Å². The molecule has 1 aromatic carbocycles. The minimum atomic E-state index is -0.0884. The zero-order chi connectivity index (χ0) is 11.7. The van der Waals surface area contributed by atoms with Gasteiger partial charge in [-0.1, -0.05) is 0 Å². The van der Waals surface area contributed by atoms with Crippen molar-refractivity contribution in [1.29, 1.82) is 0 Å². The van der Waals surface area contributed by atoms with E-state index < -0.39 is 0 Å². The molecule has 0 bridgehead atoms. The molecule has 0 fully saturated rings. The van der Waals surface area contributed by atoms with Gasteiger partial charge in [-0.15, -0.1) is 0 Å². The Morgan fingerprint density at radius 2 is 1.88 bits per heavy atom. The molecule has 0 saturated heterocycles. The van der Waals surface area contributed by atoms with Gasteiger partial charge in [-0.2, -0.15) is 0 Å². The summed E-state index contributed by atoms with van der Waals surface area (Å²) in [7, 11) is 4.89. The van der Waals surface area contributed by atoms with E-state index in [1.807, 2.05) is 18.2 Å². The number of ether oxygens (including phenoxy) is 2. The maximum absolute atomic E-state index is 11.6. The van der Waals surface area contributed by atoms with E-state index in [-0.39, 0.29) is 5.56 Å². The summed E-state index contributed by atoms with van der Waals surface area (Å²) in [5.41, 5.74) is 0.736. The largest absolute Gasteiger partial charge is 0.497 e. The molecule has 0 aliphatic carbocycles. The van der Waals surface area contributed by atoms with Gasteiger partial charge in [0.25, 0.3) is 5.56 Å². The molecule has 2 aromatic rings. The van der Waals surface area contributed by atoms with Gasteiger partial charge in [0.15, 0.2) is 0 Å². The van der Waals surface area contributed by atoms with Crippen LogP contribution in [0.3, 0.4) is 0 Å². The van der Waals surface area contributed by atoms with Crippen molar-refractivity contribution in [2.45, 2.75) is 0 Å². The van der Waals surface area contributed by atoms with E-state index in [0.29, 0.717) is 5.75 Å². The Kier molecular flexibility index (Phi) is 2.56. The predicted molar refractivity (Wildman–Crippen MR) is 62.3 cm³/mol. The Bertz CT molecular complexity index is 587. The highest BCUT2D eigenvalue weighted by Crippen LogP contribution is 2.26. The van der Waals surface area contributed by atoms with Crippen molar-refractivity contribution in [3.63, 3.8) is 0 Å². The molecule has 0 atom stereocenters. The van der Waals surface area contributed by atoms with Crippen molar-refractivity contribution in [2.75, 3.05) is 14.2 Å². The van der Waals surface area contributed by atoms with Crippen LogP contribution in [0.4, 0.5) is 0 Å². The molecule has 0 amide bonds. The van der Waals surface area contributed by atoms with Crippen molar-refractivity contribution >= 4 is 10.9 Å². The van der Waals surface area contributed by atoms with E-state index >= 15 is 0 Å². The molecular formula is C12H13NO3. The zero-order valence-corrected chi connectivity index (χ0v) is 9.48. The lowest BCUT2D eigenvalue weighted by Crippen LogP contribution is -2.16. The van der Waals surface area contributed by atoms with Crippen LogP contribution in [-0.2, 0) is 7.05 Å². The first kappa shape index (κ1) is 10.5. The number of fused-ring (bicyclic) bond motifs is 1. The van der Waals surface area contributed by atoms with Crippen molar-refractivity contribution in [2.24, 2.45) is 7.05 Å². The number of nitrogens with zero attached hydrogens (tertiary/aromatic N) is 1. The van der Waals surface area contributed by atoms with E-state index in [9.17, 15) is 4.79 Å². The molecule has 0 saturated carbocycles. The van der Waals surface area contributed by atoms with Crippen LogP contribution < -0.4 is 15.0 Å². The molecule has 0 aliphatic heterocycles. The third-order valence-electron chi connectivity index (χ3n) is 2.64. The first-order chi connectivity index (χ1) is 7.67. The van der Waals surface area contributed by atoms with Crippen molar-refractivity contribution in [3.8, 4) is 11.5 Å². The fraction of sp³-hybridized carbons (Fsp3) is 0.250. The van der Waals surface area contributed by atoms with Crippen LogP contribution in [0.25, 0.3) is 10.9 Å². The summed E-state index contributed by atoms with van der Waals surface area (Å²) in [4.78, 5) is 11.6. The molecule has 0 spiro atoms. The number of methoxy groups -OCH3 is 2. The SMILES string of the molecule is COc1ccc2c(c1)c(OC)cc(=O)n2C. The quantitative estimate of drug-likeness (QED) is 0.769. The first-order valence-electron chi connectivity index (χ1n) is 4.89. The Hall–Kier alpha value is -1.97. The van der Waals surface area contributed by atoms with Crippen LogP contribution in [0.5, 0.6) is 11.5 Å². The molecule has 4 heteroatoms. The summed E-state index contributed by atoms with van der Waals surface area (Å²) >= 11 is 0. The van der Waals surface area contributed by atoms with Crippen LogP contribution in [0.2, 0.25) is 0 Å². The van der Waals surface area contributed by atoms with E-state index in [4.69, 9.17) is 9.47 Å². The number of hydrogen-bond donors (Lipinski definition) is 0. The van der Waals surface area contributed by atoms with Crippen LogP contribution in [-0.4, -0.2) is 18.8 Å². The zero-order valence-electron chi connectivity index (χ0n) is 9.48. The highest BCUT2D eigenvalue weighted by atomic mass is 16.5. The maximum atomic E-state index is 11.6. The smallest absolute Gasteiger partial charge is 0.254 e. The number of aromatic nitrogens is 1. The highest BCUT2D eigenvalue weighted by molar-refractivity contribution is 5.86. The molecule has 1 aromatic heterocycles. The van der Waals surface area contributed by atoms with Crippen molar-refractivity contribution in [3.05, 3.63) is 34.6 Å². The van der Waals surface area contributed by atoms with E-state index in [1.165, 1.54) is 6.07 Å². The molecule has 0 unspecified atom stereocenters. The minimum absolute atomic E-state index is 0.0884. The molecule has 16 heavy (non-hydrogen) atoms. The molecule has 0 N–H and O–H groups in total. The second-order valence-electron chi connectivity index (χ2n) is 3.49. The topological polar surface area (TPSA) is 40.5 Å². The summed E-state index contributed by atoms with van der Waals surface area (Å²) < 4.78 is 11.9. The van der Waals surface area contributed by atoms with Crippen LogP contribution in [0.1, 0.15) is 0 Å². The van der Waals surface area contributed by atoms with Gasteiger partial charge >= 0.3 is 0 Å². The van der Waals surface area contributed by atoms with E-state index in [0.717, 1.165) is 16.7 Å². The van der Waals surface area contributed by atoms with Crippen LogP contribution in [0, 0.1) is 0 Å². The maximum Gasteiger partial charge on any atom is 0.254 e. The van der Waals surface area contributed by atoms with Gasteiger partial charge in [0.1, 0.15) is 11.5 Å². The second-order valence-corrected chi connectivity index (χ2v) is 3.49. The lowest BCUT2D eigenvalue weighted by Gasteiger charge is -2.10. The monoisotopic (exact) mass is 219 g/mol. The average molecular weight is 219 g/mol. The Morgan fingerprint density at radius 3 is 2.50 bits per heavy atom. The molecule has 84 valence electrons. The van der Waals surface area contributed by atoms with E-state index in [2.05, 4.69) is 0 Å². The number of pyridine rings is 1. The number of hydrogen-bond acceptors (Lipinski definition) is 3. The van der Waals surface area contributed by atoms with Crippen LogP contribution in [0.15, 0.2) is 29.1 Å². The Balaban J connectivity index is 2.87. The Morgan fingerprint density at radius 1 is 1.12 bits per heavy atom. The molecular weight excluding hydrogens is 206 g/mol.